The number of nitrogens with two attached hydrogens (primary N) is 2. The van der Waals surface area contributed by atoms with E-state index in [1.807, 2.05) is 13.8 Å². The molecule has 32 nitrogen and oxygen atoms in total. The van der Waals surface area contributed by atoms with Crippen molar-refractivity contribution in [3.8, 4) is 11.5 Å². The molecule has 0 aliphatic carbocycles. The number of benzene rings is 2. The van der Waals surface area contributed by atoms with Crippen LogP contribution in [0.5, 0.6) is 11.5 Å². The molecule has 1 atom stereocenters. The van der Waals surface area contributed by atoms with Crippen molar-refractivity contribution in [3.05, 3.63) is 94.4 Å². The first-order valence-electron chi connectivity index (χ1n) is 29.9. The molecule has 8 amide bonds. The van der Waals surface area contributed by atoms with Gasteiger partial charge in [0.1, 0.15) is 34.9 Å². The Morgan fingerprint density at radius 1 is 0.634 bits per heavy atom. The molecule has 0 saturated heterocycles. The predicted octanol–water partition coefficient (Wildman–Crippen LogP) is 2.89. The van der Waals surface area contributed by atoms with Gasteiger partial charge in [-0.25, -0.2) is 19.9 Å². The molecule has 2 aromatic carbocycles. The van der Waals surface area contributed by atoms with Crippen molar-refractivity contribution in [3.63, 3.8) is 0 Å². The number of rotatable bonds is 41. The Morgan fingerprint density at radius 3 is 1.62 bits per heavy atom. The third-order valence-corrected chi connectivity index (χ3v) is 14.1. The van der Waals surface area contributed by atoms with E-state index >= 15 is 0 Å². The number of nitrogens with zero attached hydrogens (tertiary/aromatic N) is 7. The summed E-state index contributed by atoms with van der Waals surface area (Å²) >= 11 is 0. The average molecular weight is 1290 g/mol. The zero-order valence-electron chi connectivity index (χ0n) is 52.1. The molecule has 4 aromatic heterocycles. The van der Waals surface area contributed by atoms with E-state index in [9.17, 15) is 53.1 Å². The number of Topliss-reactive ketones (excluding diaryl/α,β-unsaturated/α-hetero) is 1. The number of carbonyl (C=O) groups is 10. The number of ketones is 1. The van der Waals surface area contributed by atoms with Crippen molar-refractivity contribution in [1.82, 2.24) is 44.6 Å². The monoisotopic (exact) mass is 1290 g/mol. The summed E-state index contributed by atoms with van der Waals surface area (Å²) in [5.41, 5.74) is 13.6. The van der Waals surface area contributed by atoms with Gasteiger partial charge in [-0.2, -0.15) is 0 Å². The van der Waals surface area contributed by atoms with Gasteiger partial charge in [-0.3, -0.25) is 63.5 Å². The molecule has 0 bridgehead atoms. The van der Waals surface area contributed by atoms with Crippen LogP contribution in [0, 0.1) is 19.8 Å². The second kappa shape index (κ2) is 34.3. The van der Waals surface area contributed by atoms with Crippen LogP contribution < -0.4 is 42.2 Å². The minimum absolute atomic E-state index is 0.000411. The SMILES string of the molecule is CCc1nc(C)oc1C(=O)Nc1nc2cc(C(N)=O)cc(OC)c2n1C/C=C/Cn1c(NC(=O)c2oc(C)nc2CC)nc2cc(C(N)=O)cc(OCCCNC(=O)[C@@H](CCC(=O)O)CC(=O)CCOCCOCCOCCOCCNC(=O)CN3C(=O)C=CC3=O)c21. The Labute approximate surface area is 532 Å². The van der Waals surface area contributed by atoms with Gasteiger partial charge in [0.05, 0.1) is 89.0 Å². The minimum Gasteiger partial charge on any atom is -0.494 e. The molecule has 1 aliphatic rings. The third-order valence-electron chi connectivity index (χ3n) is 14.1. The van der Waals surface area contributed by atoms with Gasteiger partial charge >= 0.3 is 5.97 Å². The fraction of sp³-hybridized carbons (Fsp3) is 0.443. The molecule has 1 aliphatic heterocycles. The van der Waals surface area contributed by atoms with Gasteiger partial charge in [0.15, 0.2) is 11.8 Å². The number of hydrogen-bond donors (Lipinski definition) is 7. The second-order valence-electron chi connectivity index (χ2n) is 20.8. The Hall–Kier alpha value is -10.2. The maximum absolute atomic E-state index is 13.9. The number of imidazole rings is 2. The molecule has 7 rings (SSSR count). The number of aliphatic carboxylic acids is 1. The second-order valence-corrected chi connectivity index (χ2v) is 20.8. The number of imide groups is 1. The zero-order valence-corrected chi connectivity index (χ0v) is 52.1. The van der Waals surface area contributed by atoms with Crippen molar-refractivity contribution in [2.75, 3.05) is 96.8 Å². The number of fused-ring (bicyclic) bond motifs is 2. The van der Waals surface area contributed by atoms with Gasteiger partial charge in [0, 0.05) is 88.5 Å². The predicted molar refractivity (Wildman–Crippen MR) is 329 cm³/mol. The van der Waals surface area contributed by atoms with Crippen molar-refractivity contribution >= 4 is 93.0 Å². The fourth-order valence-corrected chi connectivity index (χ4v) is 9.62. The van der Waals surface area contributed by atoms with Gasteiger partial charge in [0.2, 0.25) is 47.0 Å². The molecule has 0 radical (unpaired) electrons. The summed E-state index contributed by atoms with van der Waals surface area (Å²) in [6, 6.07) is 5.76. The summed E-state index contributed by atoms with van der Waals surface area (Å²) in [6.07, 6.45) is 5.89. The quantitative estimate of drug-likeness (QED) is 0.0165. The van der Waals surface area contributed by atoms with Crippen LogP contribution in [0.15, 0.2) is 57.4 Å². The van der Waals surface area contributed by atoms with Crippen LogP contribution in [0.1, 0.15) is 111 Å². The molecule has 0 saturated carbocycles. The molecule has 0 fully saturated rings. The van der Waals surface area contributed by atoms with Gasteiger partial charge in [-0.1, -0.05) is 26.0 Å². The van der Waals surface area contributed by atoms with E-state index in [2.05, 4.69) is 36.2 Å². The van der Waals surface area contributed by atoms with Crippen LogP contribution in [0.2, 0.25) is 0 Å². The van der Waals surface area contributed by atoms with Crippen molar-refractivity contribution < 1.29 is 90.3 Å². The van der Waals surface area contributed by atoms with Crippen molar-refractivity contribution in [1.29, 1.82) is 0 Å². The normalized spacial score (nSPS) is 12.5. The average Bonchev–Trinajstić information content (AvgIpc) is 1.65. The maximum atomic E-state index is 13.9. The van der Waals surface area contributed by atoms with Crippen LogP contribution in [0.4, 0.5) is 11.9 Å². The van der Waals surface area contributed by atoms with E-state index in [-0.39, 0.29) is 193 Å². The summed E-state index contributed by atoms with van der Waals surface area (Å²) in [7, 11) is 1.40. The highest BCUT2D eigenvalue weighted by Gasteiger charge is 2.28. The number of aromatic nitrogens is 6. The Bertz CT molecular complexity index is 3770. The van der Waals surface area contributed by atoms with E-state index in [0.717, 1.165) is 17.1 Å². The first-order chi connectivity index (χ1) is 44.7. The van der Waals surface area contributed by atoms with E-state index < -0.39 is 59.1 Å². The van der Waals surface area contributed by atoms with E-state index in [0.29, 0.717) is 41.2 Å². The lowest BCUT2D eigenvalue weighted by Crippen LogP contribution is -2.41. The molecular formula is C61H75N13O19. The van der Waals surface area contributed by atoms with E-state index in [4.69, 9.17) is 53.7 Å². The van der Waals surface area contributed by atoms with Gasteiger partial charge in [-0.05, 0) is 49.9 Å². The van der Waals surface area contributed by atoms with Crippen LogP contribution in [-0.4, -0.2) is 184 Å². The number of aryl methyl sites for hydroxylation is 4. The van der Waals surface area contributed by atoms with Crippen molar-refractivity contribution in [2.24, 2.45) is 17.4 Å². The molecule has 498 valence electrons. The first kappa shape index (κ1) is 70.3. The minimum atomic E-state index is -1.14. The molecule has 0 unspecified atom stereocenters. The van der Waals surface area contributed by atoms with Gasteiger partial charge < -0.3 is 73.6 Å². The van der Waals surface area contributed by atoms with Crippen molar-refractivity contribution in [2.45, 2.75) is 85.7 Å². The molecular weight excluding hydrogens is 1220 g/mol. The van der Waals surface area contributed by atoms with Crippen LogP contribution >= 0.6 is 0 Å². The number of carbonyl (C=O) groups excluding carboxylic acids is 9. The summed E-state index contributed by atoms with van der Waals surface area (Å²) in [6.45, 7) is 8.30. The first-order valence-corrected chi connectivity index (χ1v) is 29.9. The van der Waals surface area contributed by atoms with Crippen LogP contribution in [0.3, 0.4) is 0 Å². The highest BCUT2D eigenvalue weighted by molar-refractivity contribution is 6.14. The maximum Gasteiger partial charge on any atom is 0.303 e. The number of allylic oxidation sites excluding steroid dienone is 2. The number of ether oxygens (including phenoxy) is 6. The Kier molecular flexibility index (Phi) is 25.9. The Balaban J connectivity index is 0.946. The smallest absolute Gasteiger partial charge is 0.303 e. The van der Waals surface area contributed by atoms with Gasteiger partial charge in [-0.15, -0.1) is 0 Å². The number of hydrogen-bond acceptors (Lipinski definition) is 22. The van der Waals surface area contributed by atoms with Gasteiger partial charge in [0.25, 0.3) is 23.6 Å². The topological polar surface area (TPSA) is 437 Å². The summed E-state index contributed by atoms with van der Waals surface area (Å²) in [5, 5.41) is 20.4. The largest absolute Gasteiger partial charge is 0.494 e. The molecule has 93 heavy (non-hydrogen) atoms. The number of primary amides is 2. The third kappa shape index (κ3) is 19.7. The lowest BCUT2D eigenvalue weighted by Gasteiger charge is -2.16. The number of carboxylic acid groups (broad SMARTS) is 1. The highest BCUT2D eigenvalue weighted by atomic mass is 16.6. The number of anilines is 2. The summed E-state index contributed by atoms with van der Waals surface area (Å²) in [4.78, 5) is 145. The number of methoxy groups -OCH3 is 1. The molecule has 5 heterocycles. The molecule has 32 heteroatoms. The summed E-state index contributed by atoms with van der Waals surface area (Å²) < 4.78 is 48.5. The standard InChI is InChI=1S/C61H75N13O19/c1-6-41-53(92-35(3)66-41)58(84)70-60-68-43-30-38(55(62)81)32-45(86-5)51(43)72(60)18-8-9-19-73-52-44(69-61(73)71-59(85)54-42(7-2)67-36(4)93-54)31-39(56(63)82)33-46(52)91-20-10-16-65-57(83)37(11-14-50(79)80)29-40(75)15-21-87-23-25-89-27-28-90-26-24-88-22-17-64-47(76)34-74-48(77)12-13-49(74)78/h8-9,12-13,30-33,37H,6-7,10-11,14-29,34H2,1-5H3,(H2,62,81)(H2,63,82)(H,64,76)(H,65,83)(H,79,80)(H,68,70,84)(H,69,71,85)/b9-8+/t37-/m0/s1. The van der Waals surface area contributed by atoms with E-state index in [1.165, 1.54) is 31.4 Å². The number of oxazole rings is 2. The zero-order chi connectivity index (χ0) is 67.1. The molecule has 6 aromatic rings. The summed E-state index contributed by atoms with van der Waals surface area (Å²) in [5.74, 6) is -6.49. The lowest BCUT2D eigenvalue weighted by molar-refractivity contribution is -0.141. The molecule has 0 spiro atoms. The lowest BCUT2D eigenvalue weighted by atomic mass is 9.95. The number of carboxylic acids is 1. The number of amides is 8. The fourth-order valence-electron chi connectivity index (χ4n) is 9.62. The number of nitrogens with one attached hydrogen (secondary N) is 4. The highest BCUT2D eigenvalue weighted by Crippen LogP contribution is 2.34. The van der Waals surface area contributed by atoms with Crippen LogP contribution in [0.25, 0.3) is 22.1 Å². The Morgan fingerprint density at radius 2 is 1.13 bits per heavy atom. The molecule has 9 N–H and O–H groups in total. The van der Waals surface area contributed by atoms with E-state index in [1.54, 1.807) is 35.1 Å². The van der Waals surface area contributed by atoms with Crippen LogP contribution in [-0.2, 0) is 73.6 Å².